The van der Waals surface area contributed by atoms with Gasteiger partial charge in [-0.15, -0.1) is 0 Å². The molecule has 0 bridgehead atoms. The van der Waals surface area contributed by atoms with E-state index in [0.717, 1.165) is 11.1 Å². The molecule has 0 N–H and O–H groups in total. The van der Waals surface area contributed by atoms with E-state index < -0.39 is 15.9 Å². The Morgan fingerprint density at radius 2 is 1.90 bits per heavy atom. The summed E-state index contributed by atoms with van der Waals surface area (Å²) in [7, 11) is -3.14. The van der Waals surface area contributed by atoms with Crippen LogP contribution in [0.4, 0.5) is 0 Å². The summed E-state index contributed by atoms with van der Waals surface area (Å²) in [4.78, 5) is 14.8. The number of aryl methyl sites for hydroxylation is 1. The third kappa shape index (κ3) is 5.65. The molecule has 156 valence electrons. The average molecular weight is 456 g/mol. The third-order valence-electron chi connectivity index (χ3n) is 4.99. The van der Waals surface area contributed by atoms with E-state index in [4.69, 9.17) is 27.9 Å². The number of carbonyl (C=O) groups is 1. The van der Waals surface area contributed by atoms with Gasteiger partial charge in [-0.2, -0.15) is 0 Å². The van der Waals surface area contributed by atoms with Gasteiger partial charge in [0.2, 0.25) is 0 Å². The highest BCUT2D eigenvalue weighted by Crippen LogP contribution is 2.25. The van der Waals surface area contributed by atoms with Gasteiger partial charge in [-0.3, -0.25) is 4.79 Å². The number of halogens is 2. The second kappa shape index (κ2) is 8.94. The zero-order valence-corrected chi connectivity index (χ0v) is 18.6. The molecule has 0 saturated carbocycles. The van der Waals surface area contributed by atoms with Crippen LogP contribution >= 0.6 is 23.2 Å². The standard InChI is InChI=1S/C21H23Cl2NO4S/c1-14-11-19(7-8-20(14)23)28-15(2)21(25)24(18-9-10-29(26,27)13-18)12-16-3-5-17(22)6-4-16/h3-8,11,15,18H,9-10,12-13H2,1-2H3/t15-,18-/m0/s1. The Kier molecular flexibility index (Phi) is 6.76. The summed E-state index contributed by atoms with van der Waals surface area (Å²) in [5.74, 6) is 0.347. The van der Waals surface area contributed by atoms with E-state index in [1.165, 1.54) is 0 Å². The normalized spacial score (nSPS) is 19.0. The third-order valence-corrected chi connectivity index (χ3v) is 7.41. The maximum absolute atomic E-state index is 13.2. The zero-order chi connectivity index (χ0) is 21.2. The Morgan fingerprint density at radius 3 is 2.48 bits per heavy atom. The molecule has 3 rings (SSSR count). The first kappa shape index (κ1) is 21.9. The van der Waals surface area contributed by atoms with Gasteiger partial charge in [0, 0.05) is 22.6 Å². The number of amides is 1. The molecule has 0 spiro atoms. The number of benzene rings is 2. The van der Waals surface area contributed by atoms with Crippen LogP contribution in [0.1, 0.15) is 24.5 Å². The second-order valence-electron chi connectivity index (χ2n) is 7.32. The van der Waals surface area contributed by atoms with E-state index in [2.05, 4.69) is 0 Å². The smallest absolute Gasteiger partial charge is 0.263 e. The molecule has 0 aromatic heterocycles. The number of nitrogens with zero attached hydrogens (tertiary/aromatic N) is 1. The number of hydrogen-bond acceptors (Lipinski definition) is 4. The summed E-state index contributed by atoms with van der Waals surface area (Å²) in [5.41, 5.74) is 1.73. The van der Waals surface area contributed by atoms with Gasteiger partial charge in [0.1, 0.15) is 5.75 Å². The maximum atomic E-state index is 13.2. The number of sulfone groups is 1. The summed E-state index contributed by atoms with van der Waals surface area (Å²) in [6.07, 6.45) is -0.347. The van der Waals surface area contributed by atoms with Crippen molar-refractivity contribution < 1.29 is 17.9 Å². The Morgan fingerprint density at radius 1 is 1.21 bits per heavy atom. The van der Waals surface area contributed by atoms with Crippen LogP contribution in [0.5, 0.6) is 5.75 Å². The predicted octanol–water partition coefficient (Wildman–Crippen LogP) is 4.29. The molecular weight excluding hydrogens is 433 g/mol. The Bertz CT molecular complexity index is 992. The monoisotopic (exact) mass is 455 g/mol. The van der Waals surface area contributed by atoms with E-state index in [-0.39, 0.29) is 23.5 Å². The minimum atomic E-state index is -3.14. The lowest BCUT2D eigenvalue weighted by molar-refractivity contribution is -0.140. The molecule has 29 heavy (non-hydrogen) atoms. The highest BCUT2D eigenvalue weighted by molar-refractivity contribution is 7.91. The van der Waals surface area contributed by atoms with Gasteiger partial charge in [-0.05, 0) is 61.7 Å². The molecular formula is C21H23Cl2NO4S. The molecule has 8 heteroatoms. The van der Waals surface area contributed by atoms with Crippen LogP contribution in [0, 0.1) is 6.92 Å². The fourth-order valence-electron chi connectivity index (χ4n) is 3.37. The molecule has 2 atom stereocenters. The second-order valence-corrected chi connectivity index (χ2v) is 10.4. The van der Waals surface area contributed by atoms with Crippen molar-refractivity contribution in [2.75, 3.05) is 11.5 Å². The highest BCUT2D eigenvalue weighted by atomic mass is 35.5. The quantitative estimate of drug-likeness (QED) is 0.651. The van der Waals surface area contributed by atoms with Crippen LogP contribution in [-0.2, 0) is 21.2 Å². The lowest BCUT2D eigenvalue weighted by atomic mass is 10.1. The summed E-state index contributed by atoms with van der Waals surface area (Å²) < 4.78 is 29.8. The van der Waals surface area contributed by atoms with E-state index in [9.17, 15) is 13.2 Å². The lowest BCUT2D eigenvalue weighted by Crippen LogP contribution is -2.46. The molecule has 1 aliphatic heterocycles. The zero-order valence-electron chi connectivity index (χ0n) is 16.3. The van der Waals surface area contributed by atoms with Crippen LogP contribution in [-0.4, -0.2) is 42.9 Å². The predicted molar refractivity (Wildman–Crippen MR) is 115 cm³/mol. The summed E-state index contributed by atoms with van der Waals surface area (Å²) in [6, 6.07) is 12.0. The molecule has 0 aliphatic carbocycles. The Balaban J connectivity index is 1.80. The van der Waals surface area contributed by atoms with E-state index in [1.54, 1.807) is 42.2 Å². The summed E-state index contributed by atoms with van der Waals surface area (Å²) in [6.45, 7) is 3.83. The van der Waals surface area contributed by atoms with Crippen molar-refractivity contribution in [2.24, 2.45) is 0 Å². The summed E-state index contributed by atoms with van der Waals surface area (Å²) in [5, 5.41) is 1.22. The molecule has 2 aromatic carbocycles. The van der Waals surface area contributed by atoms with Crippen molar-refractivity contribution in [3.8, 4) is 5.75 Å². The van der Waals surface area contributed by atoms with Gasteiger partial charge in [-0.25, -0.2) is 8.42 Å². The topological polar surface area (TPSA) is 63.7 Å². The average Bonchev–Trinajstić information content (AvgIpc) is 3.03. The maximum Gasteiger partial charge on any atom is 0.263 e. The Hall–Kier alpha value is -1.76. The van der Waals surface area contributed by atoms with Gasteiger partial charge >= 0.3 is 0 Å². The van der Waals surface area contributed by atoms with Crippen molar-refractivity contribution in [1.82, 2.24) is 4.90 Å². The first-order chi connectivity index (χ1) is 13.6. The molecule has 1 heterocycles. The molecule has 1 amide bonds. The largest absolute Gasteiger partial charge is 0.481 e. The summed E-state index contributed by atoms with van der Waals surface area (Å²) >= 11 is 12.0. The molecule has 2 aromatic rings. The Labute approximate surface area is 181 Å². The van der Waals surface area contributed by atoms with E-state index in [0.29, 0.717) is 28.8 Å². The van der Waals surface area contributed by atoms with Crippen LogP contribution in [0.25, 0.3) is 0 Å². The van der Waals surface area contributed by atoms with Crippen LogP contribution < -0.4 is 4.74 Å². The number of rotatable bonds is 6. The fraction of sp³-hybridized carbons (Fsp3) is 0.381. The van der Waals surface area contributed by atoms with Crippen molar-refractivity contribution >= 4 is 38.9 Å². The van der Waals surface area contributed by atoms with Crippen LogP contribution in [0.3, 0.4) is 0 Å². The molecule has 1 saturated heterocycles. The van der Waals surface area contributed by atoms with E-state index in [1.807, 2.05) is 19.1 Å². The number of hydrogen-bond donors (Lipinski definition) is 0. The van der Waals surface area contributed by atoms with Gasteiger partial charge < -0.3 is 9.64 Å². The fourth-order valence-corrected chi connectivity index (χ4v) is 5.35. The van der Waals surface area contributed by atoms with Gasteiger partial charge in [0.05, 0.1) is 11.5 Å². The highest BCUT2D eigenvalue weighted by Gasteiger charge is 2.36. The number of carbonyl (C=O) groups excluding carboxylic acids is 1. The van der Waals surface area contributed by atoms with Gasteiger partial charge in [-0.1, -0.05) is 35.3 Å². The van der Waals surface area contributed by atoms with E-state index >= 15 is 0 Å². The van der Waals surface area contributed by atoms with Crippen LogP contribution in [0.15, 0.2) is 42.5 Å². The van der Waals surface area contributed by atoms with Crippen molar-refractivity contribution in [2.45, 2.75) is 39.0 Å². The van der Waals surface area contributed by atoms with Crippen LogP contribution in [0.2, 0.25) is 10.0 Å². The first-order valence-electron chi connectivity index (χ1n) is 9.33. The number of ether oxygens (including phenoxy) is 1. The lowest BCUT2D eigenvalue weighted by Gasteiger charge is -2.31. The van der Waals surface area contributed by atoms with Gasteiger partial charge in [0.15, 0.2) is 15.9 Å². The first-order valence-corrected chi connectivity index (χ1v) is 11.9. The molecule has 5 nitrogen and oxygen atoms in total. The SMILES string of the molecule is Cc1cc(O[C@@H](C)C(=O)N(Cc2ccc(Cl)cc2)[C@H]2CCS(=O)(=O)C2)ccc1Cl. The molecule has 1 aliphatic rings. The van der Waals surface area contributed by atoms with Gasteiger partial charge in [0.25, 0.3) is 5.91 Å². The minimum Gasteiger partial charge on any atom is -0.481 e. The van der Waals surface area contributed by atoms with Crippen molar-refractivity contribution in [1.29, 1.82) is 0 Å². The molecule has 1 fully saturated rings. The molecule has 0 unspecified atom stereocenters. The van der Waals surface area contributed by atoms with Crippen molar-refractivity contribution in [3.05, 3.63) is 63.6 Å². The minimum absolute atomic E-state index is 0.0287. The van der Waals surface area contributed by atoms with Crippen molar-refractivity contribution in [3.63, 3.8) is 0 Å². The molecule has 0 radical (unpaired) electrons.